The SMILES string of the molecule is CCOC(=O)c1ccc(NC(=O)[C@@H](C)Oc2ccc3c(-c4ccc(F)cc4Cl)ccnc3c2)cc1. The molecule has 0 bridgehead atoms. The number of fused-ring (bicyclic) bond motifs is 1. The van der Waals surface area contributed by atoms with Gasteiger partial charge in [0.15, 0.2) is 6.10 Å². The van der Waals surface area contributed by atoms with E-state index in [-0.39, 0.29) is 12.5 Å². The van der Waals surface area contributed by atoms with E-state index in [9.17, 15) is 14.0 Å². The van der Waals surface area contributed by atoms with Crippen LogP contribution in [0.25, 0.3) is 22.0 Å². The molecule has 3 aromatic carbocycles. The third-order valence-electron chi connectivity index (χ3n) is 5.28. The van der Waals surface area contributed by atoms with Gasteiger partial charge in [-0.1, -0.05) is 11.6 Å². The predicted octanol–water partition coefficient (Wildman–Crippen LogP) is 6.28. The lowest BCUT2D eigenvalue weighted by Gasteiger charge is -2.16. The fourth-order valence-electron chi connectivity index (χ4n) is 3.55. The maximum Gasteiger partial charge on any atom is 0.338 e. The minimum absolute atomic E-state index is 0.289. The highest BCUT2D eigenvalue weighted by Gasteiger charge is 2.17. The van der Waals surface area contributed by atoms with Crippen LogP contribution in [0.2, 0.25) is 5.02 Å². The van der Waals surface area contributed by atoms with Crippen LogP contribution in [-0.4, -0.2) is 29.6 Å². The molecule has 0 aliphatic rings. The van der Waals surface area contributed by atoms with Gasteiger partial charge in [-0.3, -0.25) is 9.78 Å². The van der Waals surface area contributed by atoms with Crippen LogP contribution in [0.5, 0.6) is 5.75 Å². The molecule has 1 aromatic heterocycles. The van der Waals surface area contributed by atoms with Crippen molar-refractivity contribution in [3.8, 4) is 16.9 Å². The Morgan fingerprint density at radius 1 is 1.03 bits per heavy atom. The molecule has 0 aliphatic carbocycles. The Morgan fingerprint density at radius 2 is 1.80 bits per heavy atom. The summed E-state index contributed by atoms with van der Waals surface area (Å²) in [5, 5.41) is 3.88. The molecule has 1 amide bonds. The summed E-state index contributed by atoms with van der Waals surface area (Å²) in [7, 11) is 0. The second-order valence-electron chi connectivity index (χ2n) is 7.71. The Hall–Kier alpha value is -3.97. The molecular formula is C27H22ClFN2O4. The van der Waals surface area contributed by atoms with E-state index in [1.165, 1.54) is 12.1 Å². The number of nitrogens with zero attached hydrogens (tertiary/aromatic N) is 1. The number of amides is 1. The van der Waals surface area contributed by atoms with Gasteiger partial charge in [0.1, 0.15) is 11.6 Å². The van der Waals surface area contributed by atoms with E-state index in [0.717, 1.165) is 10.9 Å². The number of halogens is 2. The molecule has 0 fully saturated rings. The number of aromatic nitrogens is 1. The fourth-order valence-corrected chi connectivity index (χ4v) is 3.82. The summed E-state index contributed by atoms with van der Waals surface area (Å²) < 4.78 is 24.3. The number of hydrogen-bond acceptors (Lipinski definition) is 5. The number of anilines is 1. The number of hydrogen-bond donors (Lipinski definition) is 1. The van der Waals surface area contributed by atoms with Gasteiger partial charge in [0, 0.05) is 28.9 Å². The second kappa shape index (κ2) is 10.5. The molecular weight excluding hydrogens is 471 g/mol. The molecule has 1 heterocycles. The van der Waals surface area contributed by atoms with Crippen LogP contribution in [0.3, 0.4) is 0 Å². The van der Waals surface area contributed by atoms with Gasteiger partial charge in [0.25, 0.3) is 5.91 Å². The van der Waals surface area contributed by atoms with Crippen molar-refractivity contribution in [1.82, 2.24) is 4.98 Å². The molecule has 0 unspecified atom stereocenters. The summed E-state index contributed by atoms with van der Waals surface area (Å²) in [5.74, 6) is -0.715. The van der Waals surface area contributed by atoms with Crippen LogP contribution in [-0.2, 0) is 9.53 Å². The number of rotatable bonds is 7. The molecule has 8 heteroatoms. The quantitative estimate of drug-likeness (QED) is 0.307. The molecule has 4 aromatic rings. The first-order valence-corrected chi connectivity index (χ1v) is 11.3. The topological polar surface area (TPSA) is 77.5 Å². The third-order valence-corrected chi connectivity index (χ3v) is 5.59. The summed E-state index contributed by atoms with van der Waals surface area (Å²) in [4.78, 5) is 28.8. The van der Waals surface area contributed by atoms with Gasteiger partial charge >= 0.3 is 5.97 Å². The molecule has 0 saturated heterocycles. The second-order valence-corrected chi connectivity index (χ2v) is 8.12. The van der Waals surface area contributed by atoms with Gasteiger partial charge in [-0.2, -0.15) is 0 Å². The van der Waals surface area contributed by atoms with Crippen molar-refractivity contribution in [1.29, 1.82) is 0 Å². The van der Waals surface area contributed by atoms with Crippen LogP contribution in [0.15, 0.2) is 72.9 Å². The molecule has 0 spiro atoms. The van der Waals surface area contributed by atoms with Crippen LogP contribution in [0.1, 0.15) is 24.2 Å². The maximum atomic E-state index is 13.5. The Labute approximate surface area is 206 Å². The van der Waals surface area contributed by atoms with Crippen LogP contribution < -0.4 is 10.1 Å². The van der Waals surface area contributed by atoms with Crippen molar-refractivity contribution in [2.24, 2.45) is 0 Å². The lowest BCUT2D eigenvalue weighted by atomic mass is 10.0. The molecule has 4 rings (SSSR count). The van der Waals surface area contributed by atoms with Crippen molar-refractivity contribution < 1.29 is 23.5 Å². The van der Waals surface area contributed by atoms with E-state index in [1.54, 1.807) is 62.5 Å². The monoisotopic (exact) mass is 492 g/mol. The number of benzene rings is 3. The molecule has 0 saturated carbocycles. The molecule has 35 heavy (non-hydrogen) atoms. The molecule has 6 nitrogen and oxygen atoms in total. The summed E-state index contributed by atoms with van der Waals surface area (Å²) in [6.07, 6.45) is 0.837. The smallest absolute Gasteiger partial charge is 0.338 e. The Morgan fingerprint density at radius 3 is 2.51 bits per heavy atom. The largest absolute Gasteiger partial charge is 0.481 e. The average molecular weight is 493 g/mol. The Bertz CT molecular complexity index is 1390. The van der Waals surface area contributed by atoms with Crippen molar-refractivity contribution in [3.05, 3.63) is 89.3 Å². The van der Waals surface area contributed by atoms with Crippen LogP contribution in [0.4, 0.5) is 10.1 Å². The summed E-state index contributed by atoms with van der Waals surface area (Å²) in [5.41, 5.74) is 3.07. The predicted molar refractivity (Wildman–Crippen MR) is 133 cm³/mol. The summed E-state index contributed by atoms with van der Waals surface area (Å²) in [6.45, 7) is 3.66. The lowest BCUT2D eigenvalue weighted by molar-refractivity contribution is -0.122. The van der Waals surface area contributed by atoms with Crippen molar-refractivity contribution in [3.63, 3.8) is 0 Å². The van der Waals surface area contributed by atoms with E-state index < -0.39 is 17.9 Å². The number of nitrogens with one attached hydrogen (secondary N) is 1. The first kappa shape index (κ1) is 24.2. The van der Waals surface area contributed by atoms with Gasteiger partial charge in [-0.25, -0.2) is 9.18 Å². The number of esters is 1. The fraction of sp³-hybridized carbons (Fsp3) is 0.148. The molecule has 178 valence electrons. The van der Waals surface area contributed by atoms with E-state index in [2.05, 4.69) is 10.3 Å². The van der Waals surface area contributed by atoms with Crippen molar-refractivity contribution >= 4 is 40.1 Å². The first-order valence-electron chi connectivity index (χ1n) is 10.9. The number of pyridine rings is 1. The van der Waals surface area contributed by atoms with Crippen LogP contribution >= 0.6 is 11.6 Å². The summed E-state index contributed by atoms with van der Waals surface area (Å²) in [6, 6.07) is 17.8. The number of carbonyl (C=O) groups excluding carboxylic acids is 2. The zero-order valence-corrected chi connectivity index (χ0v) is 19.8. The maximum absolute atomic E-state index is 13.5. The Kier molecular flexibility index (Phi) is 7.27. The third kappa shape index (κ3) is 5.58. The average Bonchev–Trinajstić information content (AvgIpc) is 2.84. The van der Waals surface area contributed by atoms with Gasteiger partial charge in [-0.05, 0) is 80.1 Å². The highest BCUT2D eigenvalue weighted by Crippen LogP contribution is 2.34. The lowest BCUT2D eigenvalue weighted by Crippen LogP contribution is -2.30. The highest BCUT2D eigenvalue weighted by molar-refractivity contribution is 6.33. The van der Waals surface area contributed by atoms with E-state index in [0.29, 0.717) is 33.1 Å². The van der Waals surface area contributed by atoms with Crippen molar-refractivity contribution in [2.75, 3.05) is 11.9 Å². The molecule has 1 atom stereocenters. The first-order chi connectivity index (χ1) is 16.9. The van der Waals surface area contributed by atoms with E-state index in [1.807, 2.05) is 12.1 Å². The van der Waals surface area contributed by atoms with Crippen molar-refractivity contribution in [2.45, 2.75) is 20.0 Å². The Balaban J connectivity index is 1.47. The zero-order valence-electron chi connectivity index (χ0n) is 19.0. The molecule has 0 aliphatic heterocycles. The normalized spacial score (nSPS) is 11.7. The summed E-state index contributed by atoms with van der Waals surface area (Å²) >= 11 is 6.25. The van der Waals surface area contributed by atoms with Gasteiger partial charge in [0.05, 0.1) is 22.7 Å². The number of carbonyl (C=O) groups is 2. The van der Waals surface area contributed by atoms with Gasteiger partial charge in [-0.15, -0.1) is 0 Å². The molecule has 1 N–H and O–H groups in total. The molecule has 0 radical (unpaired) electrons. The van der Waals surface area contributed by atoms with E-state index >= 15 is 0 Å². The number of ether oxygens (including phenoxy) is 2. The standard InChI is InChI=1S/C27H22ClFN2O4/c1-3-34-27(33)17-4-7-19(8-5-17)31-26(32)16(2)35-20-9-11-23-21(12-13-30-25(23)15-20)22-10-6-18(29)14-24(22)28/h4-16H,3H2,1-2H3,(H,31,32)/t16-/m1/s1. The van der Waals surface area contributed by atoms with Gasteiger partial charge < -0.3 is 14.8 Å². The van der Waals surface area contributed by atoms with E-state index in [4.69, 9.17) is 21.1 Å². The highest BCUT2D eigenvalue weighted by atomic mass is 35.5. The van der Waals surface area contributed by atoms with Gasteiger partial charge in [0.2, 0.25) is 0 Å². The minimum Gasteiger partial charge on any atom is -0.481 e. The zero-order chi connectivity index (χ0) is 24.9. The minimum atomic E-state index is -0.799. The van der Waals surface area contributed by atoms with Crippen LogP contribution in [0, 0.1) is 5.82 Å².